The van der Waals surface area contributed by atoms with Gasteiger partial charge < -0.3 is 36.6 Å². The third-order valence-electron chi connectivity index (χ3n) is 5.09. The number of carboxylic acid groups (broad SMARTS) is 3. The second-order valence-electron chi connectivity index (χ2n) is 8.09. The Morgan fingerprint density at radius 3 is 1.08 bits per heavy atom. The Morgan fingerprint density at radius 2 is 0.806 bits per heavy atom. The molecule has 16 nitrogen and oxygen atoms in total. The van der Waals surface area contributed by atoms with E-state index in [-0.39, 0.29) is 19.6 Å². The van der Waals surface area contributed by atoms with Crippen LogP contribution in [0.3, 0.4) is 0 Å². The van der Waals surface area contributed by atoms with Gasteiger partial charge in [0.15, 0.2) is 0 Å². The van der Waals surface area contributed by atoms with Crippen molar-refractivity contribution in [3.63, 3.8) is 0 Å². The summed E-state index contributed by atoms with van der Waals surface area (Å²) in [5.41, 5.74) is 0. The van der Waals surface area contributed by atoms with Crippen LogP contribution in [0.25, 0.3) is 0 Å². The van der Waals surface area contributed by atoms with Crippen molar-refractivity contribution in [3.8, 4) is 0 Å². The third-order valence-corrected chi connectivity index (χ3v) is 5.09. The van der Waals surface area contributed by atoms with Crippen LogP contribution >= 0.6 is 0 Å². The van der Waals surface area contributed by atoms with E-state index in [1.807, 2.05) is 9.80 Å². The van der Waals surface area contributed by atoms with E-state index in [9.17, 15) is 28.8 Å². The fourth-order valence-electron chi connectivity index (χ4n) is 3.27. The smallest absolute Gasteiger partial charge is 0.322 e. The summed E-state index contributed by atoms with van der Waals surface area (Å²) in [6.07, 6.45) is 0. The van der Waals surface area contributed by atoms with Crippen molar-refractivity contribution < 1.29 is 44.1 Å². The van der Waals surface area contributed by atoms with Crippen molar-refractivity contribution in [1.82, 2.24) is 36.0 Å². The number of aliphatic carboxylic acids is 3. The maximum Gasteiger partial charge on any atom is 0.322 e. The summed E-state index contributed by atoms with van der Waals surface area (Å²) in [7, 11) is 0. The van der Waals surface area contributed by atoms with Crippen molar-refractivity contribution in [2.75, 3.05) is 91.6 Å². The molecule has 204 valence electrons. The summed E-state index contributed by atoms with van der Waals surface area (Å²) in [5.74, 6) is -4.89. The number of nitrogens with one attached hydrogen (secondary N) is 4. The summed E-state index contributed by atoms with van der Waals surface area (Å²) >= 11 is 0. The van der Waals surface area contributed by atoms with Gasteiger partial charge in [0.2, 0.25) is 17.7 Å². The van der Waals surface area contributed by atoms with Crippen LogP contribution in [0, 0.1) is 0 Å². The van der Waals surface area contributed by atoms with Crippen molar-refractivity contribution >= 4 is 35.6 Å². The number of rotatable bonds is 12. The highest BCUT2D eigenvalue weighted by atomic mass is 16.4. The summed E-state index contributed by atoms with van der Waals surface area (Å²) in [4.78, 5) is 73.9. The number of hydrogen-bond donors (Lipinski definition) is 7. The minimum Gasteiger partial charge on any atom is -0.480 e. The number of carbonyl (C=O) groups excluding carboxylic acids is 3. The third kappa shape index (κ3) is 15.5. The first-order valence-corrected chi connectivity index (χ1v) is 11.4. The lowest BCUT2D eigenvalue weighted by atomic mass is 10.3. The van der Waals surface area contributed by atoms with Crippen LogP contribution in [0.5, 0.6) is 0 Å². The Kier molecular flexibility index (Phi) is 14.6. The Hall–Kier alpha value is -3.34. The quantitative estimate of drug-likeness (QED) is 0.129. The molecule has 16 heteroatoms. The number of carbonyl (C=O) groups is 6. The molecule has 36 heavy (non-hydrogen) atoms. The molecule has 0 saturated carbocycles. The topological polar surface area (TPSA) is 221 Å². The first-order chi connectivity index (χ1) is 17.0. The highest BCUT2D eigenvalue weighted by Gasteiger charge is 2.19. The second kappa shape index (κ2) is 17.1. The summed E-state index contributed by atoms with van der Waals surface area (Å²) in [6, 6.07) is 0. The van der Waals surface area contributed by atoms with Gasteiger partial charge in [-0.25, -0.2) is 0 Å². The average molecular weight is 518 g/mol. The van der Waals surface area contributed by atoms with E-state index < -0.39 is 55.3 Å². The maximum atomic E-state index is 12.2. The van der Waals surface area contributed by atoms with Crippen molar-refractivity contribution in [3.05, 3.63) is 0 Å². The Bertz CT molecular complexity index is 735. The molecule has 1 rings (SSSR count). The first-order valence-electron chi connectivity index (χ1n) is 11.4. The molecule has 0 spiro atoms. The molecule has 0 aromatic rings. The van der Waals surface area contributed by atoms with E-state index in [2.05, 4.69) is 21.3 Å². The van der Waals surface area contributed by atoms with Gasteiger partial charge in [0.05, 0.1) is 19.6 Å². The van der Waals surface area contributed by atoms with Crippen molar-refractivity contribution in [2.24, 2.45) is 0 Å². The molecule has 1 fully saturated rings. The summed E-state index contributed by atoms with van der Waals surface area (Å²) < 4.78 is 0. The second-order valence-corrected chi connectivity index (χ2v) is 8.09. The highest BCUT2D eigenvalue weighted by Crippen LogP contribution is 1.98. The van der Waals surface area contributed by atoms with Gasteiger partial charge in [-0.2, -0.15) is 0 Å². The first kappa shape index (κ1) is 30.7. The number of carboxylic acids is 3. The molecule has 0 radical (unpaired) electrons. The van der Waals surface area contributed by atoms with E-state index in [1.54, 1.807) is 4.90 Å². The highest BCUT2D eigenvalue weighted by molar-refractivity contribution is 5.83. The molecule has 1 saturated heterocycles. The van der Waals surface area contributed by atoms with Crippen LogP contribution < -0.4 is 21.3 Å². The normalized spacial score (nSPS) is 16.7. The van der Waals surface area contributed by atoms with Crippen LogP contribution in [-0.4, -0.2) is 157 Å². The largest absolute Gasteiger partial charge is 0.480 e. The maximum absolute atomic E-state index is 12.2. The number of hydrogen-bond acceptors (Lipinski definition) is 10. The van der Waals surface area contributed by atoms with Gasteiger partial charge in [-0.3, -0.25) is 43.5 Å². The van der Waals surface area contributed by atoms with E-state index in [0.29, 0.717) is 52.4 Å². The van der Waals surface area contributed by atoms with Crippen LogP contribution in [0.4, 0.5) is 0 Å². The predicted octanol–water partition coefficient (Wildman–Crippen LogP) is -4.90. The van der Waals surface area contributed by atoms with E-state index >= 15 is 0 Å². The lowest BCUT2D eigenvalue weighted by molar-refractivity contribution is -0.138. The number of amides is 3. The van der Waals surface area contributed by atoms with Crippen molar-refractivity contribution in [1.29, 1.82) is 0 Å². The molecule has 0 aliphatic carbocycles. The molecule has 7 N–H and O–H groups in total. The van der Waals surface area contributed by atoms with Gasteiger partial charge in [0.25, 0.3) is 0 Å². The predicted molar refractivity (Wildman–Crippen MR) is 124 cm³/mol. The van der Waals surface area contributed by atoms with Gasteiger partial charge in [-0.1, -0.05) is 0 Å². The Balaban J connectivity index is 2.80. The molecular weight excluding hydrogens is 482 g/mol. The molecule has 0 atom stereocenters. The fourth-order valence-corrected chi connectivity index (χ4v) is 3.27. The van der Waals surface area contributed by atoms with Crippen molar-refractivity contribution in [2.45, 2.75) is 0 Å². The monoisotopic (exact) mass is 517 g/mol. The van der Waals surface area contributed by atoms with Crippen LogP contribution in [-0.2, 0) is 28.8 Å². The molecule has 1 aliphatic heterocycles. The lowest BCUT2D eigenvalue weighted by Gasteiger charge is -2.31. The molecule has 0 unspecified atom stereocenters. The van der Waals surface area contributed by atoms with Gasteiger partial charge in [-0.05, 0) is 0 Å². The molecule has 1 aliphatic rings. The molecule has 0 bridgehead atoms. The minimum atomic E-state index is -1.18. The molecular formula is C20H35N7O9. The molecule has 1 heterocycles. The average Bonchev–Trinajstić information content (AvgIpc) is 2.79. The van der Waals surface area contributed by atoms with Gasteiger partial charge in [0.1, 0.15) is 19.6 Å². The van der Waals surface area contributed by atoms with E-state index in [1.165, 1.54) is 0 Å². The zero-order valence-electron chi connectivity index (χ0n) is 20.0. The zero-order chi connectivity index (χ0) is 26.9. The SMILES string of the molecule is O=C(O)CNC(=O)CN1CCNCCN(CC(=O)NCC(=O)O)CCN(CC(=O)NCC(=O)O)CC1. The van der Waals surface area contributed by atoms with Crippen LogP contribution in [0.2, 0.25) is 0 Å². The number of nitrogens with zero attached hydrogens (tertiary/aromatic N) is 3. The summed E-state index contributed by atoms with van der Waals surface area (Å²) in [5, 5.41) is 36.4. The molecule has 3 amide bonds. The minimum absolute atomic E-state index is 0.0378. The van der Waals surface area contributed by atoms with Crippen LogP contribution in [0.1, 0.15) is 0 Å². The van der Waals surface area contributed by atoms with Gasteiger partial charge >= 0.3 is 17.9 Å². The molecule has 0 aromatic carbocycles. The zero-order valence-corrected chi connectivity index (χ0v) is 20.0. The van der Waals surface area contributed by atoms with Gasteiger partial charge in [-0.15, -0.1) is 0 Å². The van der Waals surface area contributed by atoms with E-state index in [4.69, 9.17) is 15.3 Å². The van der Waals surface area contributed by atoms with Crippen LogP contribution in [0.15, 0.2) is 0 Å². The van der Waals surface area contributed by atoms with Gasteiger partial charge in [0, 0.05) is 52.4 Å². The summed E-state index contributed by atoms with van der Waals surface area (Å²) in [6.45, 7) is 1.65. The Morgan fingerprint density at radius 1 is 0.528 bits per heavy atom. The Labute approximate surface area is 207 Å². The lowest BCUT2D eigenvalue weighted by Crippen LogP contribution is -2.50. The molecule has 0 aromatic heterocycles. The fraction of sp³-hybridized carbons (Fsp3) is 0.700. The van der Waals surface area contributed by atoms with E-state index in [0.717, 1.165) is 0 Å². The standard InChI is InChI=1S/C20H35N7O9/c28-15(22-9-18(31)32)12-25-3-1-21-2-4-26(13-16(29)23-10-19(33)34)6-8-27(7-5-25)14-17(30)24-11-20(35)36/h21H,1-14H2,(H,22,28)(H,23,29)(H,24,30)(H,31,32)(H,33,34)(H,35,36).